The number of carbonyl (C=O) groups excluding carboxylic acids is 1. The zero-order valence-electron chi connectivity index (χ0n) is 10.4. The van der Waals surface area contributed by atoms with Crippen LogP contribution in [-0.2, 0) is 11.2 Å². The lowest BCUT2D eigenvalue weighted by Crippen LogP contribution is -2.36. The minimum Gasteiger partial charge on any atom is -0.493 e. The third-order valence-electron chi connectivity index (χ3n) is 2.93. The van der Waals surface area contributed by atoms with Gasteiger partial charge in [0.1, 0.15) is 5.75 Å². The zero-order valence-corrected chi connectivity index (χ0v) is 11.3. The van der Waals surface area contributed by atoms with E-state index in [0.29, 0.717) is 6.42 Å². The van der Waals surface area contributed by atoms with Gasteiger partial charge in [-0.15, -0.1) is 0 Å². The average molecular weight is 266 g/mol. The minimum atomic E-state index is -0.443. The van der Waals surface area contributed by atoms with E-state index in [0.717, 1.165) is 35.8 Å². The molecule has 0 saturated heterocycles. The van der Waals surface area contributed by atoms with Crippen molar-refractivity contribution in [1.29, 1.82) is 0 Å². The maximum absolute atomic E-state index is 11.8. The van der Waals surface area contributed by atoms with Gasteiger partial charge in [-0.05, 0) is 42.2 Å². The van der Waals surface area contributed by atoms with Crippen molar-refractivity contribution in [3.63, 3.8) is 0 Å². The Morgan fingerprint density at radius 3 is 3.22 bits per heavy atom. The van der Waals surface area contributed by atoms with Crippen molar-refractivity contribution in [2.45, 2.75) is 18.9 Å². The number of ether oxygens (including phenoxy) is 1. The maximum atomic E-state index is 11.8. The summed E-state index contributed by atoms with van der Waals surface area (Å²) in [6, 6.07) is 5.26. The summed E-state index contributed by atoms with van der Waals surface area (Å²) >= 11 is 1.69. The van der Waals surface area contributed by atoms with Crippen molar-refractivity contribution in [3.05, 3.63) is 23.8 Å². The molecule has 0 unspecified atom stereocenters. The van der Waals surface area contributed by atoms with Crippen LogP contribution in [0.1, 0.15) is 12.0 Å². The lowest BCUT2D eigenvalue weighted by atomic mass is 10.1. The van der Waals surface area contributed by atoms with Gasteiger partial charge < -0.3 is 15.8 Å². The number of hydrogen-bond donors (Lipinski definition) is 2. The first kappa shape index (κ1) is 13.2. The van der Waals surface area contributed by atoms with E-state index in [1.165, 1.54) is 0 Å². The van der Waals surface area contributed by atoms with Gasteiger partial charge in [0, 0.05) is 12.1 Å². The highest BCUT2D eigenvalue weighted by atomic mass is 32.2. The molecule has 3 N–H and O–H groups in total. The zero-order chi connectivity index (χ0) is 13.0. The predicted molar refractivity (Wildman–Crippen MR) is 75.2 cm³/mol. The fourth-order valence-corrected chi connectivity index (χ4v) is 2.36. The topological polar surface area (TPSA) is 64.4 Å². The van der Waals surface area contributed by atoms with E-state index in [1.807, 2.05) is 24.5 Å². The van der Waals surface area contributed by atoms with Crippen LogP contribution in [0.5, 0.6) is 5.75 Å². The molecule has 0 bridgehead atoms. The number of rotatable bonds is 5. The number of amides is 1. The molecule has 18 heavy (non-hydrogen) atoms. The van der Waals surface area contributed by atoms with Crippen molar-refractivity contribution in [3.8, 4) is 5.75 Å². The van der Waals surface area contributed by atoms with Gasteiger partial charge in [-0.2, -0.15) is 11.8 Å². The van der Waals surface area contributed by atoms with Crippen LogP contribution in [0.3, 0.4) is 0 Å². The van der Waals surface area contributed by atoms with Gasteiger partial charge in [0.15, 0.2) is 0 Å². The standard InChI is InChI=1S/C13H18N2O2S/c1-18-7-5-11(14)13(16)15-10-2-3-12-9(8-10)4-6-17-12/h2-3,8,11H,4-7,14H2,1H3,(H,15,16)/t11-/m0/s1. The molecule has 1 heterocycles. The number of nitrogens with one attached hydrogen (secondary N) is 1. The monoisotopic (exact) mass is 266 g/mol. The van der Waals surface area contributed by atoms with E-state index in [4.69, 9.17) is 10.5 Å². The molecule has 0 radical (unpaired) electrons. The summed E-state index contributed by atoms with van der Waals surface area (Å²) in [6.45, 7) is 0.722. The van der Waals surface area contributed by atoms with Crippen LogP contribution in [0.2, 0.25) is 0 Å². The van der Waals surface area contributed by atoms with Crippen LogP contribution in [0.15, 0.2) is 18.2 Å². The molecule has 0 saturated carbocycles. The van der Waals surface area contributed by atoms with E-state index in [9.17, 15) is 4.79 Å². The molecule has 0 spiro atoms. The molecule has 1 aromatic carbocycles. The van der Waals surface area contributed by atoms with Crippen LogP contribution < -0.4 is 15.8 Å². The quantitative estimate of drug-likeness (QED) is 0.850. The molecule has 0 aromatic heterocycles. The Morgan fingerprint density at radius 1 is 1.61 bits per heavy atom. The lowest BCUT2D eigenvalue weighted by Gasteiger charge is -2.12. The van der Waals surface area contributed by atoms with Crippen LogP contribution in [-0.4, -0.2) is 30.6 Å². The Morgan fingerprint density at radius 2 is 2.44 bits per heavy atom. The number of nitrogens with two attached hydrogens (primary N) is 1. The Bertz CT molecular complexity index is 437. The molecule has 4 nitrogen and oxygen atoms in total. The Hall–Kier alpha value is -1.20. The van der Waals surface area contributed by atoms with Gasteiger partial charge in [-0.3, -0.25) is 4.79 Å². The van der Waals surface area contributed by atoms with Gasteiger partial charge in [0.25, 0.3) is 0 Å². The lowest BCUT2D eigenvalue weighted by molar-refractivity contribution is -0.117. The first-order valence-corrected chi connectivity index (χ1v) is 7.41. The highest BCUT2D eigenvalue weighted by molar-refractivity contribution is 7.98. The average Bonchev–Trinajstić information content (AvgIpc) is 2.83. The molecule has 5 heteroatoms. The van der Waals surface area contributed by atoms with Crippen LogP contribution in [0, 0.1) is 0 Å². The summed E-state index contributed by atoms with van der Waals surface area (Å²) in [4.78, 5) is 11.8. The van der Waals surface area contributed by atoms with Crippen LogP contribution in [0.25, 0.3) is 0 Å². The normalized spacial score (nSPS) is 14.8. The summed E-state index contributed by atoms with van der Waals surface area (Å²) in [5, 5.41) is 2.85. The molecule has 1 aromatic rings. The molecule has 1 amide bonds. The summed E-state index contributed by atoms with van der Waals surface area (Å²) in [5.41, 5.74) is 7.75. The predicted octanol–water partition coefficient (Wildman–Crippen LogP) is 1.64. The second kappa shape index (κ2) is 6.11. The summed E-state index contributed by atoms with van der Waals surface area (Å²) < 4.78 is 5.42. The minimum absolute atomic E-state index is 0.122. The van der Waals surface area contributed by atoms with Crippen molar-refractivity contribution in [2.75, 3.05) is 23.9 Å². The first-order chi connectivity index (χ1) is 8.70. The fraction of sp³-hybridized carbons (Fsp3) is 0.462. The van der Waals surface area contributed by atoms with Gasteiger partial charge in [-0.1, -0.05) is 0 Å². The molecule has 1 atom stereocenters. The Balaban J connectivity index is 1.94. The SMILES string of the molecule is CSCC[C@H](N)C(=O)Nc1ccc2c(c1)CCO2. The van der Waals surface area contributed by atoms with Crippen molar-refractivity contribution >= 4 is 23.4 Å². The molecule has 98 valence electrons. The van der Waals surface area contributed by atoms with Crippen molar-refractivity contribution in [2.24, 2.45) is 5.73 Å². The number of hydrogen-bond acceptors (Lipinski definition) is 4. The van der Waals surface area contributed by atoms with E-state index in [2.05, 4.69) is 5.32 Å². The number of benzene rings is 1. The van der Waals surface area contributed by atoms with Crippen LogP contribution in [0.4, 0.5) is 5.69 Å². The summed E-state index contributed by atoms with van der Waals surface area (Å²) in [7, 11) is 0. The largest absolute Gasteiger partial charge is 0.493 e. The van der Waals surface area contributed by atoms with Gasteiger partial charge >= 0.3 is 0 Å². The van der Waals surface area contributed by atoms with Crippen molar-refractivity contribution in [1.82, 2.24) is 0 Å². The first-order valence-electron chi connectivity index (χ1n) is 6.02. The molecule has 0 aliphatic carbocycles. The number of fused-ring (bicyclic) bond motifs is 1. The number of anilines is 1. The Kier molecular flexibility index (Phi) is 4.49. The third kappa shape index (κ3) is 3.17. The summed E-state index contributed by atoms with van der Waals surface area (Å²) in [6.07, 6.45) is 3.60. The smallest absolute Gasteiger partial charge is 0.241 e. The van der Waals surface area contributed by atoms with Crippen molar-refractivity contribution < 1.29 is 9.53 Å². The van der Waals surface area contributed by atoms with E-state index in [1.54, 1.807) is 11.8 Å². The molecular weight excluding hydrogens is 248 g/mol. The molecule has 1 aliphatic rings. The van der Waals surface area contributed by atoms with Gasteiger partial charge in [-0.25, -0.2) is 0 Å². The van der Waals surface area contributed by atoms with E-state index >= 15 is 0 Å². The molecule has 1 aliphatic heterocycles. The van der Waals surface area contributed by atoms with Gasteiger partial charge in [0.05, 0.1) is 12.6 Å². The molecule has 2 rings (SSSR count). The van der Waals surface area contributed by atoms with Gasteiger partial charge in [0.2, 0.25) is 5.91 Å². The third-order valence-corrected chi connectivity index (χ3v) is 3.57. The van der Waals surface area contributed by atoms with E-state index in [-0.39, 0.29) is 5.91 Å². The fourth-order valence-electron chi connectivity index (χ4n) is 1.88. The molecular formula is C13H18N2O2S. The maximum Gasteiger partial charge on any atom is 0.241 e. The molecule has 0 fully saturated rings. The second-order valence-electron chi connectivity index (χ2n) is 4.30. The summed E-state index contributed by atoms with van der Waals surface area (Å²) in [5.74, 6) is 1.69. The Labute approximate surface area is 111 Å². The second-order valence-corrected chi connectivity index (χ2v) is 5.28. The van der Waals surface area contributed by atoms with Crippen LogP contribution >= 0.6 is 11.8 Å². The highest BCUT2D eigenvalue weighted by Crippen LogP contribution is 2.27. The highest BCUT2D eigenvalue weighted by Gasteiger charge is 2.15. The number of carbonyl (C=O) groups is 1. The van der Waals surface area contributed by atoms with E-state index < -0.39 is 6.04 Å². The number of thioether (sulfide) groups is 1.